The molecule has 4 nitrogen and oxygen atoms in total. The lowest BCUT2D eigenvalue weighted by Crippen LogP contribution is -2.54. The molecule has 0 aromatic carbocycles. The van der Waals surface area contributed by atoms with Crippen molar-refractivity contribution in [2.75, 3.05) is 19.7 Å². The lowest BCUT2D eigenvalue weighted by atomic mass is 10.0. The monoisotopic (exact) mass is 254 g/mol. The normalized spacial score (nSPS) is 21.6. The van der Waals surface area contributed by atoms with E-state index < -0.39 is 5.54 Å². The van der Waals surface area contributed by atoms with Crippen LogP contribution in [0.25, 0.3) is 0 Å². The van der Waals surface area contributed by atoms with Gasteiger partial charge in [-0.15, -0.1) is 0 Å². The van der Waals surface area contributed by atoms with Crippen LogP contribution in [0.4, 0.5) is 0 Å². The molecule has 17 heavy (non-hydrogen) atoms. The molecule has 2 rings (SSSR count). The molecule has 94 valence electrons. The van der Waals surface area contributed by atoms with E-state index in [2.05, 4.69) is 5.38 Å². The number of hydrogen-bond donors (Lipinski definition) is 1. The minimum atomic E-state index is -0.809. The van der Waals surface area contributed by atoms with Gasteiger partial charge in [0.05, 0.1) is 18.7 Å². The zero-order chi connectivity index (χ0) is 12.5. The number of morpholine rings is 1. The van der Waals surface area contributed by atoms with E-state index in [0.717, 1.165) is 5.56 Å². The van der Waals surface area contributed by atoms with Gasteiger partial charge in [0.25, 0.3) is 0 Å². The minimum absolute atomic E-state index is 0.0127. The highest BCUT2D eigenvalue weighted by molar-refractivity contribution is 7.07. The standard InChI is InChI=1S/C12H18N2O2S/c1-12(2,13)11(15)14-4-5-16-10(7-14)9-3-6-17-8-9/h3,6,8,10H,4-5,7,13H2,1-2H3. The van der Waals surface area contributed by atoms with Crippen LogP contribution in [0.1, 0.15) is 25.5 Å². The van der Waals surface area contributed by atoms with Crippen LogP contribution >= 0.6 is 11.3 Å². The predicted octanol–water partition coefficient (Wildman–Crippen LogP) is 1.39. The van der Waals surface area contributed by atoms with Gasteiger partial charge < -0.3 is 15.4 Å². The Labute approximate surface area is 105 Å². The maximum atomic E-state index is 12.1. The molecule has 1 atom stereocenters. The van der Waals surface area contributed by atoms with Crippen molar-refractivity contribution in [3.63, 3.8) is 0 Å². The van der Waals surface area contributed by atoms with Crippen LogP contribution in [0.3, 0.4) is 0 Å². The fourth-order valence-electron chi connectivity index (χ4n) is 1.90. The molecule has 1 aliphatic heterocycles. The maximum absolute atomic E-state index is 12.1. The number of hydrogen-bond acceptors (Lipinski definition) is 4. The molecule has 5 heteroatoms. The largest absolute Gasteiger partial charge is 0.370 e. The number of thiophene rings is 1. The molecule has 0 spiro atoms. The Hall–Kier alpha value is -0.910. The van der Waals surface area contributed by atoms with Gasteiger partial charge in [-0.05, 0) is 36.2 Å². The Morgan fingerprint density at radius 1 is 1.65 bits per heavy atom. The Bertz CT molecular complexity index is 384. The number of amides is 1. The van der Waals surface area contributed by atoms with Crippen LogP contribution in [0.15, 0.2) is 16.8 Å². The topological polar surface area (TPSA) is 55.6 Å². The molecular formula is C12H18N2O2S. The van der Waals surface area contributed by atoms with Gasteiger partial charge in [0.15, 0.2) is 0 Å². The number of carbonyl (C=O) groups excluding carboxylic acids is 1. The maximum Gasteiger partial charge on any atom is 0.242 e. The summed E-state index contributed by atoms with van der Waals surface area (Å²) in [6.07, 6.45) is -0.0127. The van der Waals surface area contributed by atoms with Crippen molar-refractivity contribution in [2.24, 2.45) is 5.73 Å². The summed E-state index contributed by atoms with van der Waals surface area (Å²) in [7, 11) is 0. The van der Waals surface area contributed by atoms with E-state index in [9.17, 15) is 4.79 Å². The Morgan fingerprint density at radius 3 is 3.00 bits per heavy atom. The first-order chi connectivity index (χ1) is 7.98. The first kappa shape index (κ1) is 12.5. The highest BCUT2D eigenvalue weighted by Crippen LogP contribution is 2.25. The summed E-state index contributed by atoms with van der Waals surface area (Å²) in [5.41, 5.74) is 6.18. The van der Waals surface area contributed by atoms with Gasteiger partial charge in [-0.2, -0.15) is 11.3 Å². The highest BCUT2D eigenvalue weighted by Gasteiger charge is 2.32. The van der Waals surface area contributed by atoms with Gasteiger partial charge >= 0.3 is 0 Å². The molecule has 1 aromatic rings. The fraction of sp³-hybridized carbons (Fsp3) is 0.583. The molecule has 0 bridgehead atoms. The lowest BCUT2D eigenvalue weighted by Gasteiger charge is -2.36. The average Bonchev–Trinajstić information content (AvgIpc) is 2.80. The minimum Gasteiger partial charge on any atom is -0.370 e. The first-order valence-corrected chi connectivity index (χ1v) is 6.65. The van der Waals surface area contributed by atoms with Crippen LogP contribution in [0, 0.1) is 0 Å². The van der Waals surface area contributed by atoms with E-state index in [1.165, 1.54) is 0 Å². The smallest absolute Gasteiger partial charge is 0.242 e. The fourth-order valence-corrected chi connectivity index (χ4v) is 2.60. The van der Waals surface area contributed by atoms with E-state index in [1.54, 1.807) is 30.1 Å². The van der Waals surface area contributed by atoms with Crippen LogP contribution < -0.4 is 5.73 Å². The van der Waals surface area contributed by atoms with Gasteiger partial charge in [0, 0.05) is 6.54 Å². The summed E-state index contributed by atoms with van der Waals surface area (Å²) in [5, 5.41) is 4.08. The van der Waals surface area contributed by atoms with Crippen molar-refractivity contribution in [1.82, 2.24) is 4.90 Å². The number of nitrogens with two attached hydrogens (primary N) is 1. The number of nitrogens with zero attached hydrogens (tertiary/aromatic N) is 1. The van der Waals surface area contributed by atoms with Crippen molar-refractivity contribution in [2.45, 2.75) is 25.5 Å². The van der Waals surface area contributed by atoms with E-state index in [1.807, 2.05) is 11.4 Å². The van der Waals surface area contributed by atoms with E-state index in [4.69, 9.17) is 10.5 Å². The second kappa shape index (κ2) is 4.76. The molecule has 2 heterocycles. The third-order valence-corrected chi connectivity index (χ3v) is 3.52. The second-order valence-electron chi connectivity index (χ2n) is 4.89. The molecule has 1 aliphatic rings. The zero-order valence-corrected chi connectivity index (χ0v) is 11.0. The van der Waals surface area contributed by atoms with Crippen LogP contribution in [0.5, 0.6) is 0 Å². The average molecular weight is 254 g/mol. The molecule has 1 saturated heterocycles. The van der Waals surface area contributed by atoms with Gasteiger partial charge in [0.2, 0.25) is 5.91 Å². The predicted molar refractivity (Wildman–Crippen MR) is 67.9 cm³/mol. The summed E-state index contributed by atoms with van der Waals surface area (Å²) in [6, 6.07) is 2.04. The lowest BCUT2D eigenvalue weighted by molar-refractivity contribution is -0.143. The Morgan fingerprint density at radius 2 is 2.41 bits per heavy atom. The Kier molecular flexibility index (Phi) is 3.51. The number of rotatable bonds is 2. The summed E-state index contributed by atoms with van der Waals surface area (Å²) in [4.78, 5) is 13.9. The van der Waals surface area contributed by atoms with E-state index >= 15 is 0 Å². The van der Waals surface area contributed by atoms with Crippen molar-refractivity contribution >= 4 is 17.2 Å². The van der Waals surface area contributed by atoms with Crippen molar-refractivity contribution in [3.8, 4) is 0 Å². The third kappa shape index (κ3) is 2.86. The second-order valence-corrected chi connectivity index (χ2v) is 5.67. The van der Waals surface area contributed by atoms with Crippen molar-refractivity contribution in [3.05, 3.63) is 22.4 Å². The summed E-state index contributed by atoms with van der Waals surface area (Å²) >= 11 is 1.64. The van der Waals surface area contributed by atoms with Crippen molar-refractivity contribution < 1.29 is 9.53 Å². The molecule has 1 fully saturated rings. The van der Waals surface area contributed by atoms with Gasteiger partial charge in [-0.3, -0.25) is 4.79 Å². The third-order valence-electron chi connectivity index (χ3n) is 2.82. The van der Waals surface area contributed by atoms with Gasteiger partial charge in [-0.25, -0.2) is 0 Å². The highest BCUT2D eigenvalue weighted by atomic mass is 32.1. The summed E-state index contributed by atoms with van der Waals surface area (Å²) < 4.78 is 5.69. The molecule has 2 N–H and O–H groups in total. The number of ether oxygens (including phenoxy) is 1. The molecule has 1 unspecified atom stereocenters. The molecule has 0 saturated carbocycles. The molecule has 1 amide bonds. The van der Waals surface area contributed by atoms with E-state index in [-0.39, 0.29) is 12.0 Å². The Balaban J connectivity index is 2.05. The first-order valence-electron chi connectivity index (χ1n) is 5.70. The van der Waals surface area contributed by atoms with Crippen molar-refractivity contribution in [1.29, 1.82) is 0 Å². The SMILES string of the molecule is CC(C)(N)C(=O)N1CCOC(c2ccsc2)C1. The quantitative estimate of drug-likeness (QED) is 0.867. The van der Waals surface area contributed by atoms with E-state index in [0.29, 0.717) is 19.7 Å². The molecular weight excluding hydrogens is 236 g/mol. The van der Waals surface area contributed by atoms with Crippen LogP contribution in [0.2, 0.25) is 0 Å². The molecule has 0 radical (unpaired) electrons. The zero-order valence-electron chi connectivity index (χ0n) is 10.2. The van der Waals surface area contributed by atoms with Gasteiger partial charge in [0.1, 0.15) is 6.10 Å². The number of carbonyl (C=O) groups is 1. The van der Waals surface area contributed by atoms with Crippen LogP contribution in [-0.4, -0.2) is 36.0 Å². The molecule has 0 aliphatic carbocycles. The van der Waals surface area contributed by atoms with Crippen LogP contribution in [-0.2, 0) is 9.53 Å². The molecule has 1 aromatic heterocycles. The van der Waals surface area contributed by atoms with Gasteiger partial charge in [-0.1, -0.05) is 0 Å². The summed E-state index contributed by atoms with van der Waals surface area (Å²) in [6.45, 7) is 5.27. The summed E-state index contributed by atoms with van der Waals surface area (Å²) in [5.74, 6) is -0.0129.